The van der Waals surface area contributed by atoms with Crippen LogP contribution in [0.3, 0.4) is 0 Å². The SMILES string of the molecule is CCCCN(C)S(=O)(=O)c1cccc(C(=O)NCCC2=CCCCC2)c1. The predicted octanol–water partition coefficient (Wildman–Crippen LogP) is 3.73. The maximum Gasteiger partial charge on any atom is 0.251 e. The van der Waals surface area contributed by atoms with E-state index in [0.29, 0.717) is 18.7 Å². The second kappa shape index (κ2) is 9.88. The lowest BCUT2D eigenvalue weighted by Crippen LogP contribution is -2.29. The van der Waals surface area contributed by atoms with Crippen LogP contribution in [0.1, 0.15) is 62.2 Å². The van der Waals surface area contributed by atoms with Crippen LogP contribution in [0.2, 0.25) is 0 Å². The minimum absolute atomic E-state index is 0.166. The molecular formula is C20H30N2O3S. The molecule has 0 bridgehead atoms. The first-order valence-electron chi connectivity index (χ1n) is 9.47. The van der Waals surface area contributed by atoms with E-state index in [9.17, 15) is 13.2 Å². The number of carbonyl (C=O) groups excluding carboxylic acids is 1. The average molecular weight is 379 g/mol. The smallest absolute Gasteiger partial charge is 0.251 e. The standard InChI is InChI=1S/C20H30N2O3S/c1-3-4-15-22(2)26(24,25)19-12-8-11-18(16-19)20(23)21-14-13-17-9-6-5-7-10-17/h8-9,11-12,16H,3-7,10,13-15H2,1-2H3,(H,21,23). The summed E-state index contributed by atoms with van der Waals surface area (Å²) in [6, 6.07) is 6.29. The van der Waals surface area contributed by atoms with Gasteiger partial charge in [0, 0.05) is 25.7 Å². The van der Waals surface area contributed by atoms with Crippen LogP contribution in [0.25, 0.3) is 0 Å². The van der Waals surface area contributed by atoms with Gasteiger partial charge < -0.3 is 5.32 Å². The molecule has 0 atom stereocenters. The Morgan fingerprint density at radius 1 is 1.27 bits per heavy atom. The van der Waals surface area contributed by atoms with Gasteiger partial charge in [-0.2, -0.15) is 0 Å². The zero-order valence-corrected chi connectivity index (χ0v) is 16.6. The third kappa shape index (κ3) is 5.68. The van der Waals surface area contributed by atoms with Crippen LogP contribution in [0.15, 0.2) is 40.8 Å². The topological polar surface area (TPSA) is 66.5 Å². The molecule has 0 aromatic heterocycles. The molecule has 0 saturated carbocycles. The molecule has 1 aromatic rings. The number of nitrogens with one attached hydrogen (secondary N) is 1. The van der Waals surface area contributed by atoms with Crippen LogP contribution in [-0.2, 0) is 10.0 Å². The monoisotopic (exact) mass is 378 g/mol. The Labute approximate surface area is 157 Å². The van der Waals surface area contributed by atoms with Gasteiger partial charge in [0.25, 0.3) is 5.91 Å². The zero-order valence-electron chi connectivity index (χ0n) is 15.8. The predicted molar refractivity (Wildman–Crippen MR) is 105 cm³/mol. The zero-order chi connectivity index (χ0) is 19.0. The van der Waals surface area contributed by atoms with E-state index >= 15 is 0 Å². The van der Waals surface area contributed by atoms with E-state index in [1.54, 1.807) is 25.2 Å². The van der Waals surface area contributed by atoms with Crippen LogP contribution in [0.4, 0.5) is 0 Å². The highest BCUT2D eigenvalue weighted by molar-refractivity contribution is 7.89. The molecule has 0 fully saturated rings. The van der Waals surface area contributed by atoms with E-state index in [1.807, 2.05) is 6.92 Å². The lowest BCUT2D eigenvalue weighted by molar-refractivity contribution is 0.0954. The van der Waals surface area contributed by atoms with Crippen molar-refractivity contribution in [2.24, 2.45) is 0 Å². The number of benzene rings is 1. The number of carbonyl (C=O) groups is 1. The summed E-state index contributed by atoms with van der Waals surface area (Å²) in [7, 11) is -1.98. The maximum atomic E-state index is 12.6. The molecule has 6 heteroatoms. The van der Waals surface area contributed by atoms with Crippen molar-refractivity contribution in [2.75, 3.05) is 20.1 Å². The molecule has 1 aliphatic carbocycles. The Hall–Kier alpha value is -1.66. The van der Waals surface area contributed by atoms with Crippen molar-refractivity contribution >= 4 is 15.9 Å². The normalized spacial score (nSPS) is 15.0. The fourth-order valence-corrected chi connectivity index (χ4v) is 4.30. The number of amides is 1. The summed E-state index contributed by atoms with van der Waals surface area (Å²) in [6.07, 6.45) is 9.61. The van der Waals surface area contributed by atoms with Gasteiger partial charge in [-0.1, -0.05) is 31.1 Å². The first-order chi connectivity index (χ1) is 12.4. The summed E-state index contributed by atoms with van der Waals surface area (Å²) in [5.74, 6) is -0.227. The molecule has 0 heterocycles. The quantitative estimate of drug-likeness (QED) is 0.666. The molecule has 5 nitrogen and oxygen atoms in total. The summed E-state index contributed by atoms with van der Waals surface area (Å²) in [5, 5.41) is 2.90. The van der Waals surface area contributed by atoms with Gasteiger partial charge in [-0.3, -0.25) is 4.79 Å². The van der Waals surface area contributed by atoms with Crippen LogP contribution in [0.5, 0.6) is 0 Å². The van der Waals surface area contributed by atoms with Gasteiger partial charge in [-0.25, -0.2) is 12.7 Å². The van der Waals surface area contributed by atoms with Gasteiger partial charge in [0.2, 0.25) is 10.0 Å². The molecule has 1 amide bonds. The van der Waals surface area contributed by atoms with E-state index < -0.39 is 10.0 Å². The molecule has 0 radical (unpaired) electrons. The van der Waals surface area contributed by atoms with Crippen LogP contribution in [-0.4, -0.2) is 38.8 Å². The van der Waals surface area contributed by atoms with Gasteiger partial charge in [0.05, 0.1) is 4.90 Å². The molecule has 1 aromatic carbocycles. The van der Waals surface area contributed by atoms with E-state index in [2.05, 4.69) is 11.4 Å². The molecule has 1 N–H and O–H groups in total. The molecule has 0 spiro atoms. The highest BCUT2D eigenvalue weighted by Crippen LogP contribution is 2.20. The van der Waals surface area contributed by atoms with Crippen molar-refractivity contribution in [3.8, 4) is 0 Å². The third-order valence-corrected chi connectivity index (χ3v) is 6.60. The molecule has 0 aliphatic heterocycles. The number of unbranched alkanes of at least 4 members (excludes halogenated alkanes) is 1. The number of hydrogen-bond donors (Lipinski definition) is 1. The minimum atomic E-state index is -3.56. The van der Waals surface area contributed by atoms with Gasteiger partial charge in [0.1, 0.15) is 0 Å². The molecule has 144 valence electrons. The molecule has 0 unspecified atom stereocenters. The van der Waals surface area contributed by atoms with Crippen molar-refractivity contribution in [3.05, 3.63) is 41.5 Å². The largest absolute Gasteiger partial charge is 0.352 e. The minimum Gasteiger partial charge on any atom is -0.352 e. The van der Waals surface area contributed by atoms with Crippen molar-refractivity contribution in [1.82, 2.24) is 9.62 Å². The van der Waals surface area contributed by atoms with Crippen molar-refractivity contribution in [3.63, 3.8) is 0 Å². The third-order valence-electron chi connectivity index (χ3n) is 4.75. The van der Waals surface area contributed by atoms with E-state index in [1.165, 1.54) is 28.8 Å². The second-order valence-corrected chi connectivity index (χ2v) is 8.87. The van der Waals surface area contributed by atoms with Crippen molar-refractivity contribution in [2.45, 2.75) is 56.8 Å². The summed E-state index contributed by atoms with van der Waals surface area (Å²) >= 11 is 0. The van der Waals surface area contributed by atoms with E-state index in [0.717, 1.165) is 32.1 Å². The lowest BCUT2D eigenvalue weighted by atomic mass is 9.97. The van der Waals surface area contributed by atoms with Crippen LogP contribution in [0, 0.1) is 0 Å². The highest BCUT2D eigenvalue weighted by Gasteiger charge is 2.21. The van der Waals surface area contributed by atoms with Gasteiger partial charge in [0.15, 0.2) is 0 Å². The molecule has 1 aliphatic rings. The number of sulfonamides is 1. The maximum absolute atomic E-state index is 12.6. The Morgan fingerprint density at radius 3 is 2.77 bits per heavy atom. The number of rotatable bonds is 9. The molecule has 2 rings (SSSR count). The fraction of sp³-hybridized carbons (Fsp3) is 0.550. The van der Waals surface area contributed by atoms with E-state index in [4.69, 9.17) is 0 Å². The number of allylic oxidation sites excluding steroid dienone is 1. The molecule has 26 heavy (non-hydrogen) atoms. The van der Waals surface area contributed by atoms with Gasteiger partial charge >= 0.3 is 0 Å². The van der Waals surface area contributed by atoms with Crippen LogP contribution < -0.4 is 5.32 Å². The molecule has 0 saturated heterocycles. The van der Waals surface area contributed by atoms with Crippen molar-refractivity contribution in [1.29, 1.82) is 0 Å². The first kappa shape index (κ1) is 20.6. The fourth-order valence-electron chi connectivity index (χ4n) is 3.05. The Kier molecular flexibility index (Phi) is 7.85. The van der Waals surface area contributed by atoms with Crippen LogP contribution >= 0.6 is 0 Å². The average Bonchev–Trinajstić information content (AvgIpc) is 2.66. The van der Waals surface area contributed by atoms with Crippen molar-refractivity contribution < 1.29 is 13.2 Å². The Bertz CT molecular complexity index is 741. The Balaban J connectivity index is 1.98. The summed E-state index contributed by atoms with van der Waals surface area (Å²) in [4.78, 5) is 12.5. The summed E-state index contributed by atoms with van der Waals surface area (Å²) in [6.45, 7) is 3.08. The van der Waals surface area contributed by atoms with Gasteiger partial charge in [-0.15, -0.1) is 0 Å². The van der Waals surface area contributed by atoms with E-state index in [-0.39, 0.29) is 10.8 Å². The summed E-state index contributed by atoms with van der Waals surface area (Å²) in [5.41, 5.74) is 1.79. The first-order valence-corrected chi connectivity index (χ1v) is 10.9. The van der Waals surface area contributed by atoms with Gasteiger partial charge in [-0.05, 0) is 56.7 Å². The summed E-state index contributed by atoms with van der Waals surface area (Å²) < 4.78 is 26.6. The lowest BCUT2D eigenvalue weighted by Gasteiger charge is -2.17. The Morgan fingerprint density at radius 2 is 2.08 bits per heavy atom. The number of nitrogens with zero attached hydrogens (tertiary/aromatic N) is 1. The number of hydrogen-bond acceptors (Lipinski definition) is 3. The highest BCUT2D eigenvalue weighted by atomic mass is 32.2. The molecular weight excluding hydrogens is 348 g/mol. The second-order valence-electron chi connectivity index (χ2n) is 6.82.